The molecule has 0 amide bonds. The van der Waals surface area contributed by atoms with Crippen LogP contribution in [0, 0.1) is 0 Å². The van der Waals surface area contributed by atoms with E-state index in [4.69, 9.17) is 4.84 Å². The number of aryl methyl sites for hydroxylation is 1. The summed E-state index contributed by atoms with van der Waals surface area (Å²) in [5, 5.41) is 4.11. The van der Waals surface area contributed by atoms with E-state index in [9.17, 15) is 0 Å². The summed E-state index contributed by atoms with van der Waals surface area (Å²) in [7, 11) is 1.62. The van der Waals surface area contributed by atoms with Crippen LogP contribution in [0.15, 0.2) is 23.4 Å². The van der Waals surface area contributed by atoms with Gasteiger partial charge in [-0.25, -0.2) is 0 Å². The lowest BCUT2D eigenvalue weighted by Gasteiger charge is -2.29. The lowest BCUT2D eigenvalue weighted by Crippen LogP contribution is -2.29. The van der Waals surface area contributed by atoms with E-state index in [0.717, 1.165) is 18.6 Å². The van der Waals surface area contributed by atoms with Crippen molar-refractivity contribution in [2.75, 3.05) is 25.1 Å². The summed E-state index contributed by atoms with van der Waals surface area (Å²) in [6, 6.07) is 6.80. The fourth-order valence-corrected chi connectivity index (χ4v) is 3.01. The minimum atomic E-state index is 1.01. The van der Waals surface area contributed by atoms with E-state index >= 15 is 0 Å². The van der Waals surface area contributed by atoms with Crippen LogP contribution in [0.4, 0.5) is 5.69 Å². The topological polar surface area (TPSA) is 24.8 Å². The van der Waals surface area contributed by atoms with Crippen LogP contribution in [0.25, 0.3) is 0 Å². The Morgan fingerprint density at radius 2 is 1.94 bits per heavy atom. The van der Waals surface area contributed by atoms with Crippen LogP contribution in [0.3, 0.4) is 0 Å². The quantitative estimate of drug-likeness (QED) is 0.747. The molecule has 1 aromatic carbocycles. The smallest absolute Gasteiger partial charge is 0.106 e. The molecule has 3 rings (SSSR count). The number of piperidine rings is 1. The number of oxime groups is 1. The van der Waals surface area contributed by atoms with E-state index in [-0.39, 0.29) is 0 Å². The van der Waals surface area contributed by atoms with Crippen molar-refractivity contribution in [1.29, 1.82) is 0 Å². The first-order valence-electron chi connectivity index (χ1n) is 6.87. The fourth-order valence-electron chi connectivity index (χ4n) is 3.01. The van der Waals surface area contributed by atoms with Gasteiger partial charge in [-0.2, -0.15) is 0 Å². The third-order valence-corrected chi connectivity index (χ3v) is 3.95. The Labute approximate surface area is 108 Å². The molecule has 0 spiro atoms. The van der Waals surface area contributed by atoms with Crippen molar-refractivity contribution in [2.45, 2.75) is 32.1 Å². The zero-order chi connectivity index (χ0) is 12.4. The lowest BCUT2D eigenvalue weighted by molar-refractivity contribution is 0.213. The Balaban J connectivity index is 1.86. The van der Waals surface area contributed by atoms with Crippen molar-refractivity contribution in [3.05, 3.63) is 29.3 Å². The van der Waals surface area contributed by atoms with Gasteiger partial charge in [-0.1, -0.05) is 11.2 Å². The highest BCUT2D eigenvalue weighted by Crippen LogP contribution is 2.28. The van der Waals surface area contributed by atoms with E-state index in [1.165, 1.54) is 49.2 Å². The number of rotatable bonds is 2. The normalized spacial score (nSPS) is 21.2. The van der Waals surface area contributed by atoms with Gasteiger partial charge in [0.2, 0.25) is 0 Å². The minimum absolute atomic E-state index is 1.01. The summed E-state index contributed by atoms with van der Waals surface area (Å²) in [5.74, 6) is 0. The molecular weight excluding hydrogens is 224 g/mol. The van der Waals surface area contributed by atoms with Crippen LogP contribution in [-0.4, -0.2) is 25.9 Å². The lowest BCUT2D eigenvalue weighted by atomic mass is 10.1. The molecule has 96 valence electrons. The number of anilines is 1. The van der Waals surface area contributed by atoms with Crippen LogP contribution in [0.1, 0.15) is 36.8 Å². The second-order valence-electron chi connectivity index (χ2n) is 5.11. The highest BCUT2D eigenvalue weighted by molar-refractivity contribution is 6.04. The van der Waals surface area contributed by atoms with Crippen LogP contribution >= 0.6 is 0 Å². The van der Waals surface area contributed by atoms with Gasteiger partial charge in [0.1, 0.15) is 7.11 Å². The summed E-state index contributed by atoms with van der Waals surface area (Å²) in [5.41, 5.74) is 5.18. The maximum Gasteiger partial charge on any atom is 0.106 e. The third-order valence-electron chi connectivity index (χ3n) is 3.95. The van der Waals surface area contributed by atoms with Gasteiger partial charge in [-0.15, -0.1) is 0 Å². The van der Waals surface area contributed by atoms with E-state index in [2.05, 4.69) is 28.3 Å². The SMILES string of the molecule is CO/N=C1\CCc2cc(N3CCCCC3)ccc21. The number of nitrogens with zero attached hydrogens (tertiary/aromatic N) is 2. The van der Waals surface area contributed by atoms with E-state index in [1.54, 1.807) is 7.11 Å². The highest BCUT2D eigenvalue weighted by atomic mass is 16.6. The van der Waals surface area contributed by atoms with E-state index < -0.39 is 0 Å². The van der Waals surface area contributed by atoms with E-state index in [0.29, 0.717) is 0 Å². The van der Waals surface area contributed by atoms with Gasteiger partial charge in [0.15, 0.2) is 0 Å². The Bertz CT molecular complexity index is 462. The third kappa shape index (κ3) is 2.09. The Hall–Kier alpha value is -1.51. The van der Waals surface area contributed by atoms with Gasteiger partial charge in [0, 0.05) is 24.3 Å². The van der Waals surface area contributed by atoms with Gasteiger partial charge in [-0.3, -0.25) is 0 Å². The van der Waals surface area contributed by atoms with Crippen LogP contribution in [0.5, 0.6) is 0 Å². The van der Waals surface area contributed by atoms with Crippen molar-refractivity contribution in [3.8, 4) is 0 Å². The maximum atomic E-state index is 4.91. The monoisotopic (exact) mass is 244 g/mol. The molecule has 1 heterocycles. The van der Waals surface area contributed by atoms with Crippen LogP contribution < -0.4 is 4.90 Å². The van der Waals surface area contributed by atoms with Crippen molar-refractivity contribution >= 4 is 11.4 Å². The summed E-state index contributed by atoms with van der Waals surface area (Å²) in [6.45, 7) is 2.41. The van der Waals surface area contributed by atoms with Gasteiger partial charge in [0.05, 0.1) is 5.71 Å². The molecule has 1 aliphatic heterocycles. The fraction of sp³-hybridized carbons (Fsp3) is 0.533. The summed E-state index contributed by atoms with van der Waals surface area (Å²) >= 11 is 0. The predicted octanol–water partition coefficient (Wildman–Crippen LogP) is 2.97. The molecule has 0 aromatic heterocycles. The molecule has 18 heavy (non-hydrogen) atoms. The summed E-state index contributed by atoms with van der Waals surface area (Å²) in [4.78, 5) is 7.42. The van der Waals surface area contributed by atoms with Crippen molar-refractivity contribution < 1.29 is 4.84 Å². The Kier molecular flexibility index (Phi) is 3.22. The molecule has 1 saturated heterocycles. The zero-order valence-corrected chi connectivity index (χ0v) is 11.0. The molecule has 3 heteroatoms. The van der Waals surface area contributed by atoms with Crippen molar-refractivity contribution in [2.24, 2.45) is 5.16 Å². The standard InChI is InChI=1S/C15H20N2O/c1-18-16-15-8-5-12-11-13(6-7-14(12)15)17-9-3-2-4-10-17/h6-7,11H,2-5,8-10H2,1H3/b16-15+. The minimum Gasteiger partial charge on any atom is -0.399 e. The largest absolute Gasteiger partial charge is 0.399 e. The first-order chi connectivity index (χ1) is 8.88. The van der Waals surface area contributed by atoms with Gasteiger partial charge in [-0.05, 0) is 49.8 Å². The van der Waals surface area contributed by atoms with Gasteiger partial charge in [0.25, 0.3) is 0 Å². The highest BCUT2D eigenvalue weighted by Gasteiger charge is 2.20. The number of hydrogen-bond acceptors (Lipinski definition) is 3. The second-order valence-corrected chi connectivity index (χ2v) is 5.11. The summed E-state index contributed by atoms with van der Waals surface area (Å²) in [6.07, 6.45) is 6.14. The van der Waals surface area contributed by atoms with Crippen molar-refractivity contribution in [1.82, 2.24) is 0 Å². The zero-order valence-electron chi connectivity index (χ0n) is 11.0. The molecule has 0 radical (unpaired) electrons. The average Bonchev–Trinajstić information content (AvgIpc) is 2.83. The molecule has 2 aliphatic rings. The Morgan fingerprint density at radius 3 is 2.72 bits per heavy atom. The number of benzene rings is 1. The van der Waals surface area contributed by atoms with Crippen LogP contribution in [-0.2, 0) is 11.3 Å². The molecule has 0 unspecified atom stereocenters. The van der Waals surface area contributed by atoms with Crippen LogP contribution in [0.2, 0.25) is 0 Å². The number of fused-ring (bicyclic) bond motifs is 1. The maximum absolute atomic E-state index is 4.91. The molecule has 0 atom stereocenters. The molecule has 0 N–H and O–H groups in total. The first kappa shape index (κ1) is 11.6. The molecule has 0 saturated carbocycles. The van der Waals surface area contributed by atoms with Gasteiger partial charge >= 0.3 is 0 Å². The molecular formula is C15H20N2O. The molecule has 0 bridgehead atoms. The molecule has 3 nitrogen and oxygen atoms in total. The average molecular weight is 244 g/mol. The second kappa shape index (κ2) is 5.01. The Morgan fingerprint density at radius 1 is 1.11 bits per heavy atom. The first-order valence-corrected chi connectivity index (χ1v) is 6.87. The molecule has 1 aliphatic carbocycles. The van der Waals surface area contributed by atoms with E-state index in [1.807, 2.05) is 0 Å². The summed E-state index contributed by atoms with van der Waals surface area (Å²) < 4.78 is 0. The van der Waals surface area contributed by atoms with Crippen molar-refractivity contribution in [3.63, 3.8) is 0 Å². The number of hydrogen-bond donors (Lipinski definition) is 0. The predicted molar refractivity (Wildman–Crippen MR) is 74.4 cm³/mol. The molecule has 1 aromatic rings. The van der Waals surface area contributed by atoms with Gasteiger partial charge < -0.3 is 9.74 Å². The molecule has 1 fully saturated rings.